The first-order valence-electron chi connectivity index (χ1n) is 7.25. The summed E-state index contributed by atoms with van der Waals surface area (Å²) in [6, 6.07) is 11.0. The van der Waals surface area contributed by atoms with E-state index in [0.29, 0.717) is 18.1 Å². The average molecular weight is 316 g/mol. The van der Waals surface area contributed by atoms with E-state index in [4.69, 9.17) is 4.74 Å². The topological polar surface area (TPSA) is 50.7 Å². The van der Waals surface area contributed by atoms with E-state index < -0.39 is 0 Å². The van der Waals surface area contributed by atoms with Gasteiger partial charge in [0, 0.05) is 10.4 Å². The van der Waals surface area contributed by atoms with Crippen molar-refractivity contribution in [3.63, 3.8) is 0 Å². The van der Waals surface area contributed by atoms with E-state index in [1.807, 2.05) is 17.5 Å². The number of carbonyl (C=O) groups is 1. The van der Waals surface area contributed by atoms with Gasteiger partial charge in [0.25, 0.3) is 5.91 Å². The van der Waals surface area contributed by atoms with Crippen molar-refractivity contribution in [3.8, 4) is 5.75 Å². The second kappa shape index (κ2) is 8.34. The molecule has 0 fully saturated rings. The number of amides is 1. The molecule has 22 heavy (non-hydrogen) atoms. The van der Waals surface area contributed by atoms with Crippen molar-refractivity contribution in [2.24, 2.45) is 11.0 Å². The number of thiophene rings is 1. The molecule has 4 nitrogen and oxygen atoms in total. The van der Waals surface area contributed by atoms with Gasteiger partial charge in [-0.15, -0.1) is 11.3 Å². The summed E-state index contributed by atoms with van der Waals surface area (Å²) in [7, 11) is 0. The van der Waals surface area contributed by atoms with Crippen molar-refractivity contribution in [3.05, 3.63) is 52.2 Å². The molecule has 5 heteroatoms. The van der Waals surface area contributed by atoms with Gasteiger partial charge in [-0.25, -0.2) is 5.43 Å². The predicted molar refractivity (Wildman–Crippen MR) is 90.8 cm³/mol. The fraction of sp³-hybridized carbons (Fsp3) is 0.294. The van der Waals surface area contributed by atoms with Crippen LogP contribution in [0.2, 0.25) is 0 Å². The number of nitrogens with zero attached hydrogens (tertiary/aromatic N) is 1. The minimum absolute atomic E-state index is 0.235. The summed E-state index contributed by atoms with van der Waals surface area (Å²) in [5.74, 6) is 1.16. The Kier molecular flexibility index (Phi) is 6.15. The second-order valence-electron chi connectivity index (χ2n) is 5.27. The van der Waals surface area contributed by atoms with Crippen molar-refractivity contribution >= 4 is 23.5 Å². The Bertz CT molecular complexity index is 604. The van der Waals surface area contributed by atoms with Crippen molar-refractivity contribution in [1.82, 2.24) is 5.43 Å². The lowest BCUT2D eigenvalue weighted by atomic mass is 10.1. The highest BCUT2D eigenvalue weighted by molar-refractivity contribution is 7.11. The standard InChI is InChI=1S/C17H20N2O2S/c1-13(2)9-10-21-15-7-5-14(6-8-15)17(20)19-18-12-16-4-3-11-22-16/h3-8,11-13H,9-10H2,1-2H3,(H,19,20)/b18-12-. The summed E-state index contributed by atoms with van der Waals surface area (Å²) >= 11 is 1.56. The first-order valence-corrected chi connectivity index (χ1v) is 8.13. The molecule has 1 N–H and O–H groups in total. The van der Waals surface area contributed by atoms with Crippen molar-refractivity contribution < 1.29 is 9.53 Å². The molecule has 1 aromatic carbocycles. The van der Waals surface area contributed by atoms with Crippen LogP contribution in [0, 0.1) is 5.92 Å². The Balaban J connectivity index is 1.83. The van der Waals surface area contributed by atoms with E-state index in [-0.39, 0.29) is 5.91 Å². The maximum atomic E-state index is 11.9. The van der Waals surface area contributed by atoms with Crippen LogP contribution in [0.4, 0.5) is 0 Å². The predicted octanol–water partition coefficient (Wildman–Crippen LogP) is 3.94. The molecule has 0 spiro atoms. The van der Waals surface area contributed by atoms with Crippen LogP contribution < -0.4 is 10.2 Å². The van der Waals surface area contributed by atoms with Gasteiger partial charge in [0.2, 0.25) is 0 Å². The number of ether oxygens (including phenoxy) is 1. The maximum absolute atomic E-state index is 11.9. The van der Waals surface area contributed by atoms with E-state index in [0.717, 1.165) is 17.0 Å². The molecule has 0 aliphatic carbocycles. The number of carbonyl (C=O) groups excluding carboxylic acids is 1. The molecular weight excluding hydrogens is 296 g/mol. The quantitative estimate of drug-likeness (QED) is 0.621. The van der Waals surface area contributed by atoms with E-state index in [2.05, 4.69) is 24.4 Å². The molecule has 0 aliphatic heterocycles. The van der Waals surface area contributed by atoms with Gasteiger partial charge in [-0.05, 0) is 48.1 Å². The summed E-state index contributed by atoms with van der Waals surface area (Å²) < 4.78 is 5.62. The largest absolute Gasteiger partial charge is 0.494 e. The zero-order valence-electron chi connectivity index (χ0n) is 12.8. The first-order chi connectivity index (χ1) is 10.6. The highest BCUT2D eigenvalue weighted by Gasteiger charge is 2.04. The Labute approximate surface area is 134 Å². The monoisotopic (exact) mass is 316 g/mol. The normalized spacial score (nSPS) is 11.0. The Morgan fingerprint density at radius 3 is 2.73 bits per heavy atom. The zero-order chi connectivity index (χ0) is 15.8. The van der Waals surface area contributed by atoms with E-state index >= 15 is 0 Å². The lowest BCUT2D eigenvalue weighted by Gasteiger charge is -2.08. The molecule has 2 aromatic rings. The third-order valence-electron chi connectivity index (χ3n) is 2.98. The van der Waals surface area contributed by atoms with Crippen LogP contribution >= 0.6 is 11.3 Å². The Hall–Kier alpha value is -2.14. The van der Waals surface area contributed by atoms with Crippen LogP contribution in [0.3, 0.4) is 0 Å². The molecule has 0 bridgehead atoms. The molecule has 1 heterocycles. The van der Waals surface area contributed by atoms with E-state index in [1.165, 1.54) is 0 Å². The van der Waals surface area contributed by atoms with Gasteiger partial charge in [0.05, 0.1) is 12.8 Å². The molecule has 116 valence electrons. The second-order valence-corrected chi connectivity index (χ2v) is 6.25. The lowest BCUT2D eigenvalue weighted by Crippen LogP contribution is -2.17. The van der Waals surface area contributed by atoms with Gasteiger partial charge in [-0.1, -0.05) is 19.9 Å². The van der Waals surface area contributed by atoms with Crippen LogP contribution in [-0.4, -0.2) is 18.7 Å². The zero-order valence-corrected chi connectivity index (χ0v) is 13.6. The first kappa shape index (κ1) is 16.2. The van der Waals surface area contributed by atoms with Gasteiger partial charge in [-0.3, -0.25) is 4.79 Å². The van der Waals surface area contributed by atoms with Crippen molar-refractivity contribution in [2.75, 3.05) is 6.61 Å². The van der Waals surface area contributed by atoms with Gasteiger partial charge in [0.1, 0.15) is 5.75 Å². The lowest BCUT2D eigenvalue weighted by molar-refractivity contribution is 0.0955. The summed E-state index contributed by atoms with van der Waals surface area (Å²) in [6.45, 7) is 5.01. The summed E-state index contributed by atoms with van der Waals surface area (Å²) in [6.07, 6.45) is 2.64. The molecule has 0 radical (unpaired) electrons. The van der Waals surface area contributed by atoms with Crippen LogP contribution in [0.25, 0.3) is 0 Å². The van der Waals surface area contributed by atoms with Crippen LogP contribution in [0.5, 0.6) is 5.75 Å². The van der Waals surface area contributed by atoms with E-state index in [1.54, 1.807) is 41.8 Å². The number of hydrogen-bond acceptors (Lipinski definition) is 4. The molecule has 0 unspecified atom stereocenters. The summed E-state index contributed by atoms with van der Waals surface area (Å²) in [4.78, 5) is 12.9. The summed E-state index contributed by atoms with van der Waals surface area (Å²) in [5, 5.41) is 5.90. The molecule has 1 aromatic heterocycles. The Morgan fingerprint density at radius 2 is 2.09 bits per heavy atom. The number of hydrazone groups is 1. The molecule has 0 saturated heterocycles. The number of rotatable bonds is 7. The maximum Gasteiger partial charge on any atom is 0.271 e. The van der Waals surface area contributed by atoms with Gasteiger partial charge in [0.15, 0.2) is 0 Å². The minimum atomic E-state index is -0.235. The third-order valence-corrected chi connectivity index (χ3v) is 3.79. The van der Waals surface area contributed by atoms with Crippen molar-refractivity contribution in [1.29, 1.82) is 0 Å². The van der Waals surface area contributed by atoms with Gasteiger partial charge >= 0.3 is 0 Å². The smallest absolute Gasteiger partial charge is 0.271 e. The molecule has 0 saturated carbocycles. The summed E-state index contributed by atoms with van der Waals surface area (Å²) in [5.41, 5.74) is 3.07. The third kappa shape index (κ3) is 5.33. The fourth-order valence-corrected chi connectivity index (χ4v) is 2.28. The molecule has 0 aliphatic rings. The Morgan fingerprint density at radius 1 is 1.32 bits per heavy atom. The highest BCUT2D eigenvalue weighted by Crippen LogP contribution is 2.13. The number of nitrogens with one attached hydrogen (secondary N) is 1. The molecule has 0 atom stereocenters. The number of benzene rings is 1. The molecule has 1 amide bonds. The minimum Gasteiger partial charge on any atom is -0.494 e. The van der Waals surface area contributed by atoms with Crippen molar-refractivity contribution in [2.45, 2.75) is 20.3 Å². The van der Waals surface area contributed by atoms with E-state index in [9.17, 15) is 4.79 Å². The van der Waals surface area contributed by atoms with Gasteiger partial charge in [-0.2, -0.15) is 5.10 Å². The van der Waals surface area contributed by atoms with Gasteiger partial charge < -0.3 is 4.74 Å². The van der Waals surface area contributed by atoms with Crippen LogP contribution in [0.15, 0.2) is 46.9 Å². The number of hydrogen-bond donors (Lipinski definition) is 1. The average Bonchev–Trinajstić information content (AvgIpc) is 3.01. The SMILES string of the molecule is CC(C)CCOc1ccc(C(=O)N/N=C\c2cccs2)cc1. The van der Waals surface area contributed by atoms with Crippen LogP contribution in [-0.2, 0) is 0 Å². The molecule has 2 rings (SSSR count). The van der Waals surface area contributed by atoms with Crippen LogP contribution in [0.1, 0.15) is 35.5 Å². The molecular formula is C17H20N2O2S. The highest BCUT2D eigenvalue weighted by atomic mass is 32.1. The fourth-order valence-electron chi connectivity index (χ4n) is 1.70.